The molecule has 4 N–H and O–H groups in total. The second-order valence-corrected chi connectivity index (χ2v) is 7.66. The Morgan fingerprint density at radius 2 is 1.54 bits per heavy atom. The van der Waals surface area contributed by atoms with Gasteiger partial charge < -0.3 is 10.2 Å². The summed E-state index contributed by atoms with van der Waals surface area (Å²) in [6, 6.07) is 9.42. The highest BCUT2D eigenvalue weighted by Gasteiger charge is 2.14. The quantitative estimate of drug-likeness (QED) is 0.543. The van der Waals surface area contributed by atoms with Gasteiger partial charge >= 0.3 is 0 Å². The van der Waals surface area contributed by atoms with Crippen LogP contribution >= 0.6 is 23.2 Å². The third kappa shape index (κ3) is 3.45. The summed E-state index contributed by atoms with van der Waals surface area (Å²) in [6.07, 6.45) is 0. The van der Waals surface area contributed by atoms with Crippen LogP contribution in [0.15, 0.2) is 57.6 Å². The van der Waals surface area contributed by atoms with Crippen LogP contribution in [-0.2, 0) is 10.0 Å². The van der Waals surface area contributed by atoms with Crippen molar-refractivity contribution >= 4 is 55.4 Å². The van der Waals surface area contributed by atoms with Crippen molar-refractivity contribution in [2.45, 2.75) is 4.90 Å². The maximum absolute atomic E-state index is 11.4. The zero-order chi connectivity index (χ0) is 19.1. The zero-order valence-electron chi connectivity index (χ0n) is 12.9. The number of sulfonamides is 1. The van der Waals surface area contributed by atoms with E-state index in [1.54, 1.807) is 18.2 Å². The smallest absolute Gasteiger partial charge is 0.238 e. The molecule has 0 spiro atoms. The van der Waals surface area contributed by atoms with E-state index in [1.165, 1.54) is 6.07 Å². The Morgan fingerprint density at radius 3 is 2.23 bits per heavy atom. The van der Waals surface area contributed by atoms with Crippen molar-refractivity contribution < 1.29 is 18.6 Å². The average molecular weight is 412 g/mol. The van der Waals surface area contributed by atoms with Crippen LogP contribution < -0.4 is 5.14 Å². The Bertz CT molecular complexity index is 1160. The van der Waals surface area contributed by atoms with Gasteiger partial charge in [0.1, 0.15) is 22.9 Å². The van der Waals surface area contributed by atoms with Gasteiger partial charge in [0.25, 0.3) is 0 Å². The fourth-order valence-electron chi connectivity index (χ4n) is 2.31. The Kier molecular flexibility index (Phi) is 4.76. The highest BCUT2D eigenvalue weighted by atomic mass is 35.5. The number of primary sulfonamides is 1. The summed E-state index contributed by atoms with van der Waals surface area (Å²) >= 11 is 12.3. The molecule has 3 rings (SSSR count). The van der Waals surface area contributed by atoms with E-state index >= 15 is 0 Å². The minimum atomic E-state index is -3.98. The zero-order valence-corrected chi connectivity index (χ0v) is 15.2. The summed E-state index contributed by atoms with van der Waals surface area (Å²) in [4.78, 5) is -0.243. The van der Waals surface area contributed by atoms with Crippen LogP contribution in [0.2, 0.25) is 10.0 Å². The molecular weight excluding hydrogens is 401 g/mol. The maximum atomic E-state index is 11.4. The number of rotatable bonds is 3. The van der Waals surface area contributed by atoms with Crippen LogP contribution in [0.3, 0.4) is 0 Å². The predicted octanol–water partition coefficient (Wildman–Crippen LogP) is 4.62. The number of hydrogen-bond donors (Lipinski definition) is 3. The molecule has 0 aromatic heterocycles. The van der Waals surface area contributed by atoms with E-state index in [0.717, 1.165) is 18.2 Å². The molecule has 0 saturated heterocycles. The predicted molar refractivity (Wildman–Crippen MR) is 99.3 cm³/mol. The molecule has 0 bridgehead atoms. The molecule has 3 aromatic rings. The first kappa shape index (κ1) is 18.4. The van der Waals surface area contributed by atoms with E-state index in [1.807, 2.05) is 0 Å². The second kappa shape index (κ2) is 6.73. The number of azo groups is 1. The molecule has 0 amide bonds. The van der Waals surface area contributed by atoms with Crippen molar-refractivity contribution in [1.82, 2.24) is 0 Å². The molecule has 0 atom stereocenters. The summed E-state index contributed by atoms with van der Waals surface area (Å²) in [5.74, 6) is -0.530. The normalized spacial score (nSPS) is 12.1. The number of hydrogen-bond acceptors (Lipinski definition) is 6. The lowest BCUT2D eigenvalue weighted by Crippen LogP contribution is -2.11. The Morgan fingerprint density at radius 1 is 0.885 bits per heavy atom. The molecule has 0 radical (unpaired) electrons. The third-order valence-corrected chi connectivity index (χ3v) is 5.12. The Hall–Kier alpha value is -2.39. The molecule has 134 valence electrons. The van der Waals surface area contributed by atoms with Crippen LogP contribution in [0.5, 0.6) is 11.5 Å². The fourth-order valence-corrected chi connectivity index (χ4v) is 3.31. The van der Waals surface area contributed by atoms with Crippen molar-refractivity contribution in [1.29, 1.82) is 0 Å². The topological polar surface area (TPSA) is 125 Å². The Labute approximate surface area is 158 Å². The van der Waals surface area contributed by atoms with Crippen LogP contribution in [-0.4, -0.2) is 18.6 Å². The third-order valence-electron chi connectivity index (χ3n) is 3.56. The summed E-state index contributed by atoms with van der Waals surface area (Å²) in [6.45, 7) is 0. The van der Waals surface area contributed by atoms with Crippen LogP contribution in [0, 0.1) is 0 Å². The lowest BCUT2D eigenvalue weighted by Gasteiger charge is -2.08. The second-order valence-electron chi connectivity index (χ2n) is 5.28. The van der Waals surface area contributed by atoms with Crippen molar-refractivity contribution in [2.75, 3.05) is 0 Å². The first-order valence-corrected chi connectivity index (χ1v) is 9.36. The van der Waals surface area contributed by atoms with Gasteiger partial charge in [0.2, 0.25) is 10.0 Å². The highest BCUT2D eigenvalue weighted by Crippen LogP contribution is 2.42. The fraction of sp³-hybridized carbons (Fsp3) is 0. The summed E-state index contributed by atoms with van der Waals surface area (Å²) in [7, 11) is -3.98. The molecule has 0 aliphatic carbocycles. The lowest BCUT2D eigenvalue weighted by molar-refractivity contribution is 0.474. The van der Waals surface area contributed by atoms with Gasteiger partial charge in [-0.15, -0.1) is 10.2 Å². The number of phenols is 2. The standard InChI is InChI=1S/C16H11Cl2N3O4S/c17-10-3-4-11(18)15-9(10)2-6-14(23)16(15)21-20-12-7-8(26(19,24)25)1-5-13(12)22/h1-7,22-23H,(H2,19,24,25). The Balaban J connectivity index is 2.19. The van der Waals surface area contributed by atoms with Gasteiger partial charge in [0, 0.05) is 15.8 Å². The molecule has 0 aliphatic heterocycles. The van der Waals surface area contributed by atoms with Crippen LogP contribution in [0.25, 0.3) is 10.8 Å². The number of phenolic OH excluding ortho intramolecular Hbond substituents is 2. The van der Waals surface area contributed by atoms with Gasteiger partial charge in [-0.05, 0) is 42.5 Å². The molecule has 0 heterocycles. The average Bonchev–Trinajstić information content (AvgIpc) is 2.57. The summed E-state index contributed by atoms with van der Waals surface area (Å²) < 4.78 is 22.9. The van der Waals surface area contributed by atoms with Crippen molar-refractivity contribution in [3.05, 3.63) is 52.5 Å². The largest absolute Gasteiger partial charge is 0.506 e. The van der Waals surface area contributed by atoms with E-state index in [2.05, 4.69) is 10.2 Å². The van der Waals surface area contributed by atoms with Gasteiger partial charge in [-0.3, -0.25) is 0 Å². The number of halogens is 2. The van der Waals surface area contributed by atoms with E-state index in [9.17, 15) is 18.6 Å². The molecule has 10 heteroatoms. The molecule has 26 heavy (non-hydrogen) atoms. The van der Waals surface area contributed by atoms with Gasteiger partial charge in [-0.25, -0.2) is 13.6 Å². The van der Waals surface area contributed by atoms with E-state index in [4.69, 9.17) is 28.3 Å². The first-order chi connectivity index (χ1) is 12.2. The molecule has 0 saturated carbocycles. The van der Waals surface area contributed by atoms with Gasteiger partial charge in [-0.1, -0.05) is 23.2 Å². The van der Waals surface area contributed by atoms with Gasteiger partial charge in [-0.2, -0.15) is 0 Å². The van der Waals surface area contributed by atoms with E-state index in [0.29, 0.717) is 15.8 Å². The maximum Gasteiger partial charge on any atom is 0.238 e. The lowest BCUT2D eigenvalue weighted by atomic mass is 10.1. The van der Waals surface area contributed by atoms with Crippen molar-refractivity contribution in [3.8, 4) is 11.5 Å². The van der Waals surface area contributed by atoms with Gasteiger partial charge in [0.05, 0.1) is 9.92 Å². The van der Waals surface area contributed by atoms with E-state index < -0.39 is 10.0 Å². The number of nitrogens with two attached hydrogens (primary N) is 1. The molecule has 7 nitrogen and oxygen atoms in total. The molecular formula is C16H11Cl2N3O4S. The summed E-state index contributed by atoms with van der Waals surface area (Å²) in [5, 5.41) is 34.4. The molecule has 0 aliphatic rings. The number of nitrogens with zero attached hydrogens (tertiary/aromatic N) is 2. The van der Waals surface area contributed by atoms with Crippen LogP contribution in [0.1, 0.15) is 0 Å². The van der Waals surface area contributed by atoms with Crippen molar-refractivity contribution in [2.24, 2.45) is 15.4 Å². The number of benzene rings is 3. The van der Waals surface area contributed by atoms with E-state index in [-0.39, 0.29) is 32.8 Å². The monoisotopic (exact) mass is 411 g/mol. The first-order valence-electron chi connectivity index (χ1n) is 7.05. The number of fused-ring (bicyclic) bond motifs is 1. The minimum Gasteiger partial charge on any atom is -0.506 e. The SMILES string of the molecule is NS(=O)(=O)c1ccc(O)c(N=Nc2c(O)ccc3c(Cl)ccc(Cl)c23)c1. The minimum absolute atomic E-state index is 0.0235. The highest BCUT2D eigenvalue weighted by molar-refractivity contribution is 7.89. The molecule has 3 aromatic carbocycles. The summed E-state index contributed by atoms with van der Waals surface area (Å²) in [5.41, 5.74) is -0.124. The number of aromatic hydroxyl groups is 2. The van der Waals surface area contributed by atoms with Gasteiger partial charge in [0.15, 0.2) is 0 Å². The van der Waals surface area contributed by atoms with Crippen LogP contribution in [0.4, 0.5) is 11.4 Å². The molecule has 0 unspecified atom stereocenters. The van der Waals surface area contributed by atoms with Crippen molar-refractivity contribution in [3.63, 3.8) is 0 Å². The molecule has 0 fully saturated rings.